The van der Waals surface area contributed by atoms with Gasteiger partial charge in [-0.2, -0.15) is 0 Å². The minimum Gasteiger partial charge on any atom is -0.497 e. The van der Waals surface area contributed by atoms with E-state index >= 15 is 0 Å². The summed E-state index contributed by atoms with van der Waals surface area (Å²) in [6.07, 6.45) is 4.90. The Morgan fingerprint density at radius 3 is 2.47 bits per heavy atom. The molecule has 0 saturated heterocycles. The molecular formula is C24H24N4O2. The van der Waals surface area contributed by atoms with Gasteiger partial charge in [0.05, 0.1) is 18.7 Å². The number of pyridine rings is 1. The van der Waals surface area contributed by atoms with E-state index in [4.69, 9.17) is 10.1 Å². The lowest BCUT2D eigenvalue weighted by molar-refractivity contribution is -0.113. The summed E-state index contributed by atoms with van der Waals surface area (Å²) in [7, 11) is 3.23. The second-order valence-corrected chi connectivity index (χ2v) is 6.66. The van der Waals surface area contributed by atoms with Crippen LogP contribution in [0.2, 0.25) is 0 Å². The highest BCUT2D eigenvalue weighted by Gasteiger charge is 2.29. The van der Waals surface area contributed by atoms with E-state index < -0.39 is 12.0 Å². The lowest BCUT2D eigenvalue weighted by Crippen LogP contribution is -2.32. The Hall–Kier alpha value is -3.80. The van der Waals surface area contributed by atoms with Gasteiger partial charge in [-0.05, 0) is 35.4 Å². The van der Waals surface area contributed by atoms with Gasteiger partial charge in [-0.1, -0.05) is 36.4 Å². The van der Waals surface area contributed by atoms with Crippen molar-refractivity contribution in [1.29, 1.82) is 5.41 Å². The molecule has 2 aromatic carbocycles. The maximum atomic E-state index is 13.5. The highest BCUT2D eigenvalue weighted by molar-refractivity contribution is 6.45. The zero-order valence-electron chi connectivity index (χ0n) is 16.9. The van der Waals surface area contributed by atoms with Crippen molar-refractivity contribution in [2.75, 3.05) is 19.5 Å². The van der Waals surface area contributed by atoms with Gasteiger partial charge >= 0.3 is 0 Å². The van der Waals surface area contributed by atoms with Crippen molar-refractivity contribution >= 4 is 23.4 Å². The van der Waals surface area contributed by atoms with Gasteiger partial charge < -0.3 is 15.5 Å². The summed E-state index contributed by atoms with van der Waals surface area (Å²) in [5, 5.41) is 12.0. The van der Waals surface area contributed by atoms with Crippen LogP contribution in [0.15, 0.2) is 84.1 Å². The first-order valence-corrected chi connectivity index (χ1v) is 9.54. The van der Waals surface area contributed by atoms with Gasteiger partial charge in [0.15, 0.2) is 0 Å². The van der Waals surface area contributed by atoms with Crippen LogP contribution >= 0.6 is 0 Å². The van der Waals surface area contributed by atoms with Gasteiger partial charge in [0.1, 0.15) is 11.8 Å². The summed E-state index contributed by atoms with van der Waals surface area (Å²) in [6, 6.07) is 19.6. The molecular weight excluding hydrogens is 376 g/mol. The number of hydrogen-bond donors (Lipinski definition) is 2. The number of aromatic nitrogens is 1. The molecule has 0 amide bonds. The standard InChI is InChI=1S/C24H24N4O2/c1-26-16-21(17-7-4-3-5-8-17)22(25)24(29)23(18-11-13-27-14-12-18)28-19-9-6-10-20(15-19)30-2/h3-16,21,23,25,28H,1-2H3. The molecule has 30 heavy (non-hydrogen) atoms. The van der Waals surface area contributed by atoms with Gasteiger partial charge in [-0.25, -0.2) is 0 Å². The molecule has 6 nitrogen and oxygen atoms in total. The lowest BCUT2D eigenvalue weighted by Gasteiger charge is -2.22. The molecule has 0 aliphatic rings. The van der Waals surface area contributed by atoms with Crippen LogP contribution in [0.1, 0.15) is 23.1 Å². The fraction of sp³-hybridized carbons (Fsp3) is 0.167. The van der Waals surface area contributed by atoms with Crippen LogP contribution in [0.4, 0.5) is 5.69 Å². The molecule has 3 rings (SSSR count). The third kappa shape index (κ3) is 4.97. The minimum atomic E-state index is -0.746. The molecule has 0 fully saturated rings. The summed E-state index contributed by atoms with van der Waals surface area (Å²) in [5.41, 5.74) is 2.25. The van der Waals surface area contributed by atoms with E-state index in [1.807, 2.05) is 54.6 Å². The number of nitrogens with zero attached hydrogens (tertiary/aromatic N) is 2. The number of ketones is 1. The molecule has 0 radical (unpaired) electrons. The second kappa shape index (κ2) is 10.1. The van der Waals surface area contributed by atoms with Crippen LogP contribution in [-0.2, 0) is 4.79 Å². The zero-order chi connectivity index (χ0) is 21.3. The quantitative estimate of drug-likeness (QED) is 0.524. The molecule has 2 atom stereocenters. The van der Waals surface area contributed by atoms with Crippen LogP contribution in [0.5, 0.6) is 5.75 Å². The predicted octanol–water partition coefficient (Wildman–Crippen LogP) is 4.32. The lowest BCUT2D eigenvalue weighted by atomic mass is 9.88. The summed E-state index contributed by atoms with van der Waals surface area (Å²) < 4.78 is 5.28. The highest BCUT2D eigenvalue weighted by Crippen LogP contribution is 2.26. The first-order chi connectivity index (χ1) is 14.6. The molecule has 2 N–H and O–H groups in total. The third-order valence-corrected chi connectivity index (χ3v) is 4.72. The molecule has 2 unspecified atom stereocenters. The van der Waals surface area contributed by atoms with Crippen LogP contribution in [-0.4, -0.2) is 36.9 Å². The van der Waals surface area contributed by atoms with Gasteiger partial charge in [-0.15, -0.1) is 0 Å². The number of anilines is 1. The molecule has 152 valence electrons. The summed E-state index contributed by atoms with van der Waals surface area (Å²) in [4.78, 5) is 21.6. The molecule has 1 aromatic heterocycles. The highest BCUT2D eigenvalue weighted by atomic mass is 16.5. The van der Waals surface area contributed by atoms with E-state index in [0.717, 1.165) is 16.8 Å². The van der Waals surface area contributed by atoms with Crippen molar-refractivity contribution in [3.63, 3.8) is 0 Å². The SMILES string of the molecule is CN=CC(C(=N)C(=O)C(Nc1cccc(OC)c1)c1ccncc1)c1ccccc1. The normalized spacial score (nSPS) is 12.9. The fourth-order valence-electron chi connectivity index (χ4n) is 3.18. The third-order valence-electron chi connectivity index (χ3n) is 4.72. The average Bonchev–Trinajstić information content (AvgIpc) is 2.81. The average molecular weight is 400 g/mol. The number of benzene rings is 2. The first-order valence-electron chi connectivity index (χ1n) is 9.54. The van der Waals surface area contributed by atoms with E-state index in [-0.39, 0.29) is 11.5 Å². The van der Waals surface area contributed by atoms with Crippen molar-refractivity contribution in [3.8, 4) is 5.75 Å². The van der Waals surface area contributed by atoms with Gasteiger partial charge in [-0.3, -0.25) is 14.8 Å². The maximum Gasteiger partial charge on any atom is 0.204 e. The van der Waals surface area contributed by atoms with Gasteiger partial charge in [0, 0.05) is 37.4 Å². The zero-order valence-corrected chi connectivity index (χ0v) is 16.9. The Morgan fingerprint density at radius 2 is 1.80 bits per heavy atom. The predicted molar refractivity (Wildman–Crippen MR) is 120 cm³/mol. The minimum absolute atomic E-state index is 0.0380. The summed E-state index contributed by atoms with van der Waals surface area (Å²) in [6.45, 7) is 0. The van der Waals surface area contributed by atoms with Crippen molar-refractivity contribution in [2.24, 2.45) is 4.99 Å². The van der Waals surface area contributed by atoms with Crippen molar-refractivity contribution < 1.29 is 9.53 Å². The number of aliphatic imine (C=N–C) groups is 1. The molecule has 0 aliphatic heterocycles. The number of rotatable bonds is 9. The van der Waals surface area contributed by atoms with Crippen molar-refractivity contribution in [2.45, 2.75) is 12.0 Å². The summed E-state index contributed by atoms with van der Waals surface area (Å²) in [5.74, 6) is -0.186. The van der Waals surface area contributed by atoms with Crippen LogP contribution < -0.4 is 10.1 Å². The molecule has 6 heteroatoms. The van der Waals surface area contributed by atoms with E-state index in [2.05, 4.69) is 15.3 Å². The number of carbonyl (C=O) groups is 1. The summed E-state index contributed by atoms with van der Waals surface area (Å²) >= 11 is 0. The molecule has 0 bridgehead atoms. The Labute approximate surface area is 176 Å². The van der Waals surface area contributed by atoms with Crippen molar-refractivity contribution in [3.05, 3.63) is 90.3 Å². The van der Waals surface area contributed by atoms with Crippen LogP contribution in [0.25, 0.3) is 0 Å². The largest absolute Gasteiger partial charge is 0.497 e. The van der Waals surface area contributed by atoms with Gasteiger partial charge in [0.2, 0.25) is 5.78 Å². The van der Waals surface area contributed by atoms with E-state index in [9.17, 15) is 4.79 Å². The van der Waals surface area contributed by atoms with Crippen LogP contribution in [0.3, 0.4) is 0 Å². The number of nitrogens with one attached hydrogen (secondary N) is 2. The molecule has 1 heterocycles. The molecule has 0 aliphatic carbocycles. The monoisotopic (exact) mass is 400 g/mol. The van der Waals surface area contributed by atoms with E-state index in [0.29, 0.717) is 5.75 Å². The number of carbonyl (C=O) groups excluding carboxylic acids is 1. The number of methoxy groups -OCH3 is 1. The number of ether oxygens (including phenoxy) is 1. The van der Waals surface area contributed by atoms with Gasteiger partial charge in [0.25, 0.3) is 0 Å². The molecule has 0 spiro atoms. The van der Waals surface area contributed by atoms with Crippen molar-refractivity contribution in [1.82, 2.24) is 4.98 Å². The second-order valence-electron chi connectivity index (χ2n) is 6.66. The Kier molecular flexibility index (Phi) is 7.05. The Balaban J connectivity index is 1.95. The fourth-order valence-corrected chi connectivity index (χ4v) is 3.18. The molecule has 3 aromatic rings. The molecule has 0 saturated carbocycles. The Morgan fingerprint density at radius 1 is 1.07 bits per heavy atom. The van der Waals surface area contributed by atoms with Crippen LogP contribution in [0, 0.1) is 5.41 Å². The first kappa shape index (κ1) is 20.9. The number of hydrogen-bond acceptors (Lipinski definition) is 6. The maximum absolute atomic E-state index is 13.5. The van der Waals surface area contributed by atoms with E-state index in [1.165, 1.54) is 0 Å². The van der Waals surface area contributed by atoms with E-state index in [1.54, 1.807) is 44.9 Å². The number of Topliss-reactive ketones (excluding diaryl/α,β-unsaturated/α-hetero) is 1. The Bertz CT molecular complexity index is 1020. The smallest absolute Gasteiger partial charge is 0.204 e. The topological polar surface area (TPSA) is 87.4 Å².